The van der Waals surface area contributed by atoms with Crippen molar-refractivity contribution in [3.63, 3.8) is 0 Å². The van der Waals surface area contributed by atoms with Gasteiger partial charge in [-0.1, -0.05) is 78.6 Å². The molecule has 0 bridgehead atoms. The Morgan fingerprint density at radius 3 is 1.50 bits per heavy atom. The van der Waals surface area contributed by atoms with Crippen molar-refractivity contribution in [1.29, 1.82) is 0 Å². The molecule has 0 saturated carbocycles. The molecule has 22 heavy (non-hydrogen) atoms. The van der Waals surface area contributed by atoms with E-state index in [4.69, 9.17) is 9.31 Å². The summed E-state index contributed by atoms with van der Waals surface area (Å²) in [5.41, 5.74) is 0. The van der Waals surface area contributed by atoms with Crippen molar-refractivity contribution in [2.75, 3.05) is 19.0 Å². The van der Waals surface area contributed by atoms with Gasteiger partial charge in [-0.2, -0.15) is 0 Å². The van der Waals surface area contributed by atoms with E-state index in [-0.39, 0.29) is 6.40 Å². The normalized spacial score (nSPS) is 11.0. The molecule has 0 aromatic heterocycles. The Labute approximate surface area is 144 Å². The van der Waals surface area contributed by atoms with E-state index >= 15 is 0 Å². The molecule has 0 aliphatic rings. The second-order valence-electron chi connectivity index (χ2n) is 6.08. The summed E-state index contributed by atoms with van der Waals surface area (Å²) in [6.07, 6.45) is 16.0. The van der Waals surface area contributed by atoms with Crippen molar-refractivity contribution in [3.05, 3.63) is 0 Å². The lowest BCUT2D eigenvalue weighted by Gasteiger charge is -2.13. The van der Waals surface area contributed by atoms with Crippen molar-refractivity contribution in [2.24, 2.45) is 0 Å². The summed E-state index contributed by atoms with van der Waals surface area (Å²) in [6, 6.07) is 0. The van der Waals surface area contributed by atoms with Gasteiger partial charge in [-0.05, 0) is 25.0 Å². The van der Waals surface area contributed by atoms with E-state index in [2.05, 4.69) is 20.8 Å². The van der Waals surface area contributed by atoms with Gasteiger partial charge in [-0.15, -0.1) is 11.6 Å². The third-order valence-corrected chi connectivity index (χ3v) is 4.74. The molecule has 0 rings (SSSR count). The van der Waals surface area contributed by atoms with E-state index in [1.165, 1.54) is 64.2 Å². The fourth-order valence-electron chi connectivity index (χ4n) is 2.34. The van der Waals surface area contributed by atoms with Crippen molar-refractivity contribution in [1.82, 2.24) is 0 Å². The highest BCUT2D eigenvalue weighted by Crippen LogP contribution is 2.15. The molecule has 0 aromatic carbocycles. The summed E-state index contributed by atoms with van der Waals surface area (Å²) in [6.45, 7) is 8.18. The molecule has 0 aliphatic carbocycles. The van der Waals surface area contributed by atoms with Crippen molar-refractivity contribution >= 4 is 18.0 Å². The van der Waals surface area contributed by atoms with E-state index in [0.29, 0.717) is 0 Å². The minimum Gasteiger partial charge on any atom is -0.402 e. The van der Waals surface area contributed by atoms with Gasteiger partial charge in [0.1, 0.15) is 0 Å². The van der Waals surface area contributed by atoms with Crippen LogP contribution in [0.15, 0.2) is 0 Å². The highest BCUT2D eigenvalue weighted by Gasteiger charge is 2.17. The van der Waals surface area contributed by atoms with Crippen LogP contribution in [0.25, 0.3) is 0 Å². The molecule has 0 N–H and O–H groups in total. The summed E-state index contributed by atoms with van der Waals surface area (Å²) in [5, 5.41) is 0. The monoisotopic (exact) mass is 330 g/mol. The van der Waals surface area contributed by atoms with Gasteiger partial charge in [-0.25, -0.2) is 0 Å². The highest BCUT2D eigenvalue weighted by atomic mass is 32.2. The summed E-state index contributed by atoms with van der Waals surface area (Å²) in [7, 11) is 0. The summed E-state index contributed by atoms with van der Waals surface area (Å²) < 4.78 is 11.5. The predicted octanol–water partition coefficient (Wildman–Crippen LogP) is 6.48. The molecule has 0 aliphatic heterocycles. The van der Waals surface area contributed by atoms with Gasteiger partial charge in [0.05, 0.1) is 0 Å². The molecule has 0 spiro atoms. The van der Waals surface area contributed by atoms with Crippen LogP contribution < -0.4 is 0 Å². The summed E-state index contributed by atoms with van der Waals surface area (Å²) >= 11 is 1.83. The van der Waals surface area contributed by atoms with Crippen molar-refractivity contribution < 1.29 is 9.31 Å². The number of hydrogen-bond acceptors (Lipinski definition) is 3. The lowest BCUT2D eigenvalue weighted by molar-refractivity contribution is 0.215. The minimum atomic E-state index is -0.0431. The Morgan fingerprint density at radius 1 is 0.591 bits per heavy atom. The zero-order valence-corrected chi connectivity index (χ0v) is 16.2. The van der Waals surface area contributed by atoms with Crippen LogP contribution in [0.3, 0.4) is 0 Å². The number of rotatable bonds is 18. The van der Waals surface area contributed by atoms with E-state index in [9.17, 15) is 0 Å². The molecule has 2 nitrogen and oxygen atoms in total. The molecule has 0 unspecified atom stereocenters. The van der Waals surface area contributed by atoms with Gasteiger partial charge in [-0.3, -0.25) is 0 Å². The molecule has 132 valence electrons. The maximum atomic E-state index is 5.73. The van der Waals surface area contributed by atoms with Crippen LogP contribution >= 0.6 is 11.6 Å². The SMILES string of the molecule is CCCCCCCCCCCCSB(OCCC)OCCC. The van der Waals surface area contributed by atoms with Crippen LogP contribution in [0.4, 0.5) is 0 Å². The molecular formula is C18H39BO2S. The Kier molecular flexibility index (Phi) is 19.7. The highest BCUT2D eigenvalue weighted by molar-refractivity contribution is 8.24. The second-order valence-corrected chi connectivity index (χ2v) is 7.21. The summed E-state index contributed by atoms with van der Waals surface area (Å²) in [4.78, 5) is 0. The topological polar surface area (TPSA) is 18.5 Å². The molecule has 0 atom stereocenters. The maximum absolute atomic E-state index is 5.73. The van der Waals surface area contributed by atoms with E-state index in [1.807, 2.05) is 11.6 Å². The minimum absolute atomic E-state index is 0.0431. The Bertz CT molecular complexity index is 198. The Hall–Kier alpha value is 0.335. The van der Waals surface area contributed by atoms with Crippen molar-refractivity contribution in [2.45, 2.75) is 97.8 Å². The van der Waals surface area contributed by atoms with Crippen LogP contribution in [0, 0.1) is 0 Å². The van der Waals surface area contributed by atoms with Gasteiger partial charge in [0, 0.05) is 13.2 Å². The zero-order valence-electron chi connectivity index (χ0n) is 15.4. The molecule has 0 fully saturated rings. The first-order valence-electron chi connectivity index (χ1n) is 9.69. The van der Waals surface area contributed by atoms with Crippen LogP contribution in [-0.2, 0) is 9.31 Å². The Morgan fingerprint density at radius 2 is 1.05 bits per heavy atom. The number of hydrogen-bond donors (Lipinski definition) is 0. The van der Waals surface area contributed by atoms with Crippen molar-refractivity contribution in [3.8, 4) is 0 Å². The van der Waals surface area contributed by atoms with Crippen LogP contribution in [0.2, 0.25) is 0 Å². The van der Waals surface area contributed by atoms with E-state index in [0.717, 1.165) is 31.8 Å². The summed E-state index contributed by atoms with van der Waals surface area (Å²) in [5.74, 6) is 1.16. The molecule has 0 heterocycles. The third kappa shape index (κ3) is 16.7. The quantitative estimate of drug-likeness (QED) is 0.212. The maximum Gasteiger partial charge on any atom is 0.531 e. The molecular weight excluding hydrogens is 291 g/mol. The van der Waals surface area contributed by atoms with E-state index < -0.39 is 0 Å². The largest absolute Gasteiger partial charge is 0.531 e. The first-order chi connectivity index (χ1) is 10.8. The van der Waals surface area contributed by atoms with Gasteiger partial charge < -0.3 is 9.31 Å². The Balaban J connectivity index is 3.33. The molecule has 0 aromatic rings. The fraction of sp³-hybridized carbons (Fsp3) is 1.00. The first kappa shape index (κ1) is 22.3. The molecule has 0 radical (unpaired) electrons. The van der Waals surface area contributed by atoms with Crippen LogP contribution in [0.5, 0.6) is 0 Å². The predicted molar refractivity (Wildman–Crippen MR) is 103 cm³/mol. The second kappa shape index (κ2) is 19.4. The van der Waals surface area contributed by atoms with Gasteiger partial charge in [0.15, 0.2) is 0 Å². The smallest absolute Gasteiger partial charge is 0.402 e. The zero-order chi connectivity index (χ0) is 16.3. The molecule has 0 amide bonds. The van der Waals surface area contributed by atoms with Gasteiger partial charge >= 0.3 is 6.40 Å². The number of unbranched alkanes of at least 4 members (excludes halogenated alkanes) is 9. The standard InChI is InChI=1S/C18H39BO2S/c1-4-7-8-9-10-11-12-13-14-15-18-22-19(20-16-5-2)21-17-6-3/h4-18H2,1-3H3. The van der Waals surface area contributed by atoms with Crippen LogP contribution in [-0.4, -0.2) is 25.4 Å². The molecule has 0 saturated heterocycles. The molecule has 4 heteroatoms. The lowest BCUT2D eigenvalue weighted by atomic mass is 10.1. The first-order valence-corrected chi connectivity index (χ1v) is 10.7. The van der Waals surface area contributed by atoms with Crippen LogP contribution in [0.1, 0.15) is 97.8 Å². The van der Waals surface area contributed by atoms with E-state index in [1.54, 1.807) is 0 Å². The third-order valence-electron chi connectivity index (χ3n) is 3.67. The average molecular weight is 330 g/mol. The lowest BCUT2D eigenvalue weighted by Crippen LogP contribution is -2.21. The fourth-order valence-corrected chi connectivity index (χ4v) is 3.29. The van der Waals surface area contributed by atoms with Gasteiger partial charge in [0.2, 0.25) is 0 Å². The van der Waals surface area contributed by atoms with Gasteiger partial charge in [0.25, 0.3) is 0 Å². The average Bonchev–Trinajstić information content (AvgIpc) is 2.54.